The minimum Gasteiger partial charge on any atom is -0.496 e. The lowest BCUT2D eigenvalue weighted by Crippen LogP contribution is -2.50. The van der Waals surface area contributed by atoms with Crippen LogP contribution in [-0.4, -0.2) is 62.7 Å². The van der Waals surface area contributed by atoms with Crippen LogP contribution >= 0.6 is 11.6 Å². The zero-order valence-corrected chi connectivity index (χ0v) is 22.8. The molecule has 0 radical (unpaired) electrons. The van der Waals surface area contributed by atoms with Crippen LogP contribution in [0.4, 0.5) is 0 Å². The number of rotatable bonds is 9. The van der Waals surface area contributed by atoms with Crippen molar-refractivity contribution in [2.45, 2.75) is 64.4 Å². The molecule has 2 amide bonds. The van der Waals surface area contributed by atoms with Crippen LogP contribution in [0.3, 0.4) is 0 Å². The molecular weight excluding hydrogens is 520 g/mol. The fourth-order valence-corrected chi connectivity index (χ4v) is 4.67. The van der Waals surface area contributed by atoms with Crippen molar-refractivity contribution in [1.29, 1.82) is 0 Å². The summed E-state index contributed by atoms with van der Waals surface area (Å²) in [4.78, 5) is 50.0. The number of ether oxygens (including phenoxy) is 5. The van der Waals surface area contributed by atoms with Crippen molar-refractivity contribution in [3.8, 4) is 11.5 Å². The van der Waals surface area contributed by atoms with E-state index in [4.69, 9.17) is 35.3 Å². The van der Waals surface area contributed by atoms with Gasteiger partial charge in [0.05, 0.1) is 24.8 Å². The maximum atomic E-state index is 13.0. The number of hydrazine groups is 1. The summed E-state index contributed by atoms with van der Waals surface area (Å²) < 4.78 is 28.0. The van der Waals surface area contributed by atoms with Crippen LogP contribution in [0.2, 0.25) is 5.02 Å². The first-order valence-electron chi connectivity index (χ1n) is 12.3. The first-order chi connectivity index (χ1) is 18.1. The lowest BCUT2D eigenvalue weighted by atomic mass is 9.79. The third-order valence-electron chi connectivity index (χ3n) is 6.63. The summed E-state index contributed by atoms with van der Waals surface area (Å²) in [6, 6.07) is 1.39. The van der Waals surface area contributed by atoms with Crippen molar-refractivity contribution in [3.05, 3.63) is 34.1 Å². The third-order valence-corrected chi connectivity index (χ3v) is 7.01. The largest absolute Gasteiger partial charge is 0.496 e. The first-order valence-corrected chi connectivity index (χ1v) is 12.6. The molecule has 11 nitrogen and oxygen atoms in total. The van der Waals surface area contributed by atoms with E-state index in [0.29, 0.717) is 24.9 Å². The van der Waals surface area contributed by atoms with Gasteiger partial charge in [0.1, 0.15) is 17.6 Å². The molecule has 1 saturated heterocycles. The lowest BCUT2D eigenvalue weighted by Gasteiger charge is -2.38. The Labute approximate surface area is 226 Å². The van der Waals surface area contributed by atoms with Gasteiger partial charge in [0.15, 0.2) is 24.1 Å². The number of hydrogen-bond acceptors (Lipinski definition) is 9. The Balaban J connectivity index is 1.84. The number of carbonyl (C=O) groups is 4. The van der Waals surface area contributed by atoms with E-state index in [1.54, 1.807) is 20.8 Å². The number of benzene rings is 1. The fraction of sp³-hybridized carbons (Fsp3) is 0.538. The number of nitrogens with one attached hydrogen (secondary N) is 2. The van der Waals surface area contributed by atoms with Crippen molar-refractivity contribution in [3.63, 3.8) is 0 Å². The van der Waals surface area contributed by atoms with Crippen molar-refractivity contribution in [1.82, 2.24) is 10.9 Å². The second-order valence-electron chi connectivity index (χ2n) is 9.21. The number of methoxy groups -OCH3 is 2. The molecule has 1 unspecified atom stereocenters. The maximum Gasteiger partial charge on any atom is 0.271 e. The lowest BCUT2D eigenvalue weighted by molar-refractivity contribution is -0.189. The molecule has 1 aliphatic heterocycles. The summed E-state index contributed by atoms with van der Waals surface area (Å²) in [7, 11) is 2.72. The highest BCUT2D eigenvalue weighted by molar-refractivity contribution is 6.35. The average Bonchev–Trinajstić information content (AvgIpc) is 2.91. The Kier molecular flexibility index (Phi) is 9.75. The van der Waals surface area contributed by atoms with Gasteiger partial charge in [-0.05, 0) is 39.2 Å². The number of aldehydes is 1. The highest BCUT2D eigenvalue weighted by Gasteiger charge is 2.48. The second-order valence-corrected chi connectivity index (χ2v) is 9.59. The minimum absolute atomic E-state index is 0.00936. The van der Waals surface area contributed by atoms with E-state index in [0.717, 1.165) is 12.8 Å². The zero-order chi connectivity index (χ0) is 28.0. The number of carbonyl (C=O) groups excluding carboxylic acids is 4. The Morgan fingerprint density at radius 1 is 1.24 bits per heavy atom. The predicted octanol–water partition coefficient (Wildman–Crippen LogP) is 2.81. The topological polar surface area (TPSA) is 138 Å². The van der Waals surface area contributed by atoms with Crippen LogP contribution in [0, 0.1) is 12.8 Å². The van der Waals surface area contributed by atoms with Gasteiger partial charge in [-0.15, -0.1) is 0 Å². The summed E-state index contributed by atoms with van der Waals surface area (Å²) in [5.41, 5.74) is 3.28. The molecule has 1 aromatic rings. The number of halogens is 1. The molecule has 1 aliphatic carbocycles. The minimum atomic E-state index is -1.67. The van der Waals surface area contributed by atoms with Gasteiger partial charge < -0.3 is 23.7 Å². The zero-order valence-electron chi connectivity index (χ0n) is 22.1. The van der Waals surface area contributed by atoms with E-state index < -0.39 is 35.7 Å². The SMILES string of the molecule is COC1=CC(=O)C[C@@H](C)[C@]1(C=O)Oc1c(C)c(OC)cc(C(=O)NNC(=O)[C@@H](C)OC2CCCCO2)c1Cl. The molecule has 3 rings (SSSR count). The maximum absolute atomic E-state index is 13.0. The van der Waals surface area contributed by atoms with Gasteiger partial charge >= 0.3 is 0 Å². The molecule has 208 valence electrons. The van der Waals surface area contributed by atoms with Gasteiger partial charge in [-0.25, -0.2) is 0 Å². The standard InChI is InChI=1S/C26H33ClN2O9/c1-14-10-17(31)11-20(35-5)26(14,13-30)38-23-15(2)19(34-4)12-18(22(23)27)25(33)29-28-24(32)16(3)37-21-8-6-7-9-36-21/h11-14,16,21H,6-10H2,1-5H3,(H,28,32)(H,29,33)/t14-,16-,21?,26+/m1/s1. The van der Waals surface area contributed by atoms with Gasteiger partial charge in [-0.2, -0.15) is 0 Å². The van der Waals surface area contributed by atoms with Crippen LogP contribution in [0.1, 0.15) is 55.5 Å². The van der Waals surface area contributed by atoms with Gasteiger partial charge in [-0.3, -0.25) is 30.0 Å². The normalized spacial score (nSPS) is 24.1. The quantitative estimate of drug-likeness (QED) is 0.350. The van der Waals surface area contributed by atoms with Crippen LogP contribution in [0.5, 0.6) is 11.5 Å². The average molecular weight is 553 g/mol. The molecule has 0 aromatic heterocycles. The molecule has 1 aromatic carbocycles. The second kappa shape index (κ2) is 12.6. The Morgan fingerprint density at radius 2 is 1.97 bits per heavy atom. The van der Waals surface area contributed by atoms with E-state index >= 15 is 0 Å². The number of ketones is 1. The van der Waals surface area contributed by atoms with Gasteiger partial charge in [0, 0.05) is 30.6 Å². The Morgan fingerprint density at radius 3 is 2.58 bits per heavy atom. The smallest absolute Gasteiger partial charge is 0.271 e. The third kappa shape index (κ3) is 6.11. The molecular formula is C26H33ClN2O9. The summed E-state index contributed by atoms with van der Waals surface area (Å²) in [5.74, 6) is -1.91. The molecule has 0 saturated carbocycles. The number of amides is 2. The van der Waals surface area contributed by atoms with E-state index in [9.17, 15) is 19.2 Å². The van der Waals surface area contributed by atoms with Crippen LogP contribution < -0.4 is 20.3 Å². The first kappa shape index (κ1) is 29.4. The number of allylic oxidation sites excluding steroid dienone is 1. The highest BCUT2D eigenvalue weighted by Crippen LogP contribution is 2.44. The summed E-state index contributed by atoms with van der Waals surface area (Å²) >= 11 is 6.61. The highest BCUT2D eigenvalue weighted by atomic mass is 35.5. The van der Waals surface area contributed by atoms with Crippen LogP contribution in [0.15, 0.2) is 17.9 Å². The Hall–Kier alpha value is -3.15. The summed E-state index contributed by atoms with van der Waals surface area (Å²) in [6.45, 7) is 5.43. The van der Waals surface area contributed by atoms with Gasteiger partial charge in [0.25, 0.3) is 11.8 Å². The molecule has 2 aliphatic rings. The van der Waals surface area contributed by atoms with Crippen molar-refractivity contribution in [2.75, 3.05) is 20.8 Å². The van der Waals surface area contributed by atoms with Crippen LogP contribution in [0.25, 0.3) is 0 Å². The van der Waals surface area contributed by atoms with Gasteiger partial charge in [0.2, 0.25) is 5.60 Å². The fourth-order valence-electron chi connectivity index (χ4n) is 4.35. The van der Waals surface area contributed by atoms with E-state index in [2.05, 4.69) is 10.9 Å². The van der Waals surface area contributed by atoms with E-state index in [1.807, 2.05) is 0 Å². The molecule has 1 fully saturated rings. The monoisotopic (exact) mass is 552 g/mol. The predicted molar refractivity (Wildman–Crippen MR) is 136 cm³/mol. The van der Waals surface area contributed by atoms with E-state index in [-0.39, 0.29) is 40.0 Å². The van der Waals surface area contributed by atoms with Gasteiger partial charge in [-0.1, -0.05) is 18.5 Å². The molecule has 0 spiro atoms. The van der Waals surface area contributed by atoms with Crippen LogP contribution in [-0.2, 0) is 28.6 Å². The molecule has 12 heteroatoms. The van der Waals surface area contributed by atoms with E-state index in [1.165, 1.54) is 26.4 Å². The molecule has 38 heavy (non-hydrogen) atoms. The molecule has 1 heterocycles. The molecule has 4 atom stereocenters. The number of hydrogen-bond donors (Lipinski definition) is 2. The van der Waals surface area contributed by atoms with Crippen molar-refractivity contribution >= 4 is 35.5 Å². The molecule has 2 N–H and O–H groups in total. The summed E-state index contributed by atoms with van der Waals surface area (Å²) in [5, 5.41) is -0.129. The van der Waals surface area contributed by atoms with Crippen molar-refractivity contribution in [2.24, 2.45) is 5.92 Å². The van der Waals surface area contributed by atoms with Crippen molar-refractivity contribution < 1.29 is 42.9 Å². The molecule has 0 bridgehead atoms. The Bertz CT molecular complexity index is 1120. The summed E-state index contributed by atoms with van der Waals surface area (Å²) in [6.07, 6.45) is 2.99.